The minimum absolute atomic E-state index is 0.0752. The maximum absolute atomic E-state index is 10.5. The van der Waals surface area contributed by atoms with Gasteiger partial charge in [-0.3, -0.25) is 4.55 Å². The van der Waals surface area contributed by atoms with Crippen LogP contribution in [0.25, 0.3) is 0 Å². The molecule has 2 atom stereocenters. The van der Waals surface area contributed by atoms with Crippen LogP contribution in [0.4, 0.5) is 0 Å². The zero-order valence-electron chi connectivity index (χ0n) is 7.16. The third-order valence-electron chi connectivity index (χ3n) is 2.41. The van der Waals surface area contributed by atoms with Gasteiger partial charge in [-0.1, -0.05) is 19.8 Å². The molecule has 1 aliphatic rings. The fourth-order valence-electron chi connectivity index (χ4n) is 1.68. The van der Waals surface area contributed by atoms with Crippen molar-refractivity contribution in [1.29, 1.82) is 0 Å². The normalized spacial score (nSPS) is 31.8. The van der Waals surface area contributed by atoms with E-state index >= 15 is 0 Å². The summed E-state index contributed by atoms with van der Waals surface area (Å²) in [6.45, 7) is 2.00. The van der Waals surface area contributed by atoms with E-state index in [1.807, 2.05) is 6.92 Å². The Labute approximate surface area is 73.2 Å². The van der Waals surface area contributed by atoms with Crippen LogP contribution in [-0.2, 0) is 10.3 Å². The van der Waals surface area contributed by atoms with Gasteiger partial charge in [0.15, 0.2) is 0 Å². The molecule has 0 aliphatic heterocycles. The molecule has 0 aromatic carbocycles. The molecule has 1 rings (SSSR count). The molecule has 4 nitrogen and oxygen atoms in total. The number of nitrogens with one attached hydrogen (secondary N) is 1. The zero-order chi connectivity index (χ0) is 9.19. The lowest BCUT2D eigenvalue weighted by molar-refractivity contribution is 0.302. The predicted molar refractivity (Wildman–Crippen MR) is 46.1 cm³/mol. The Morgan fingerprint density at radius 1 is 1.33 bits per heavy atom. The second-order valence-corrected chi connectivity index (χ2v) is 4.65. The highest BCUT2D eigenvalue weighted by Crippen LogP contribution is 2.23. The van der Waals surface area contributed by atoms with Gasteiger partial charge in [-0.25, -0.2) is 0 Å². The van der Waals surface area contributed by atoms with Crippen LogP contribution in [0.15, 0.2) is 0 Å². The minimum Gasteiger partial charge on any atom is -0.273 e. The standard InChI is InChI=1S/C7H15NO3S/c1-6-4-2-3-5-7(6)8-12(9,10)11/h6-8H,2-5H2,1H3,(H,9,10,11)/t6-,7+/m1/s1. The summed E-state index contributed by atoms with van der Waals surface area (Å²) in [5.41, 5.74) is 0. The molecule has 1 aliphatic carbocycles. The molecule has 0 saturated heterocycles. The van der Waals surface area contributed by atoms with Crippen molar-refractivity contribution in [2.24, 2.45) is 5.92 Å². The molecule has 0 unspecified atom stereocenters. The molecule has 1 fully saturated rings. The van der Waals surface area contributed by atoms with Crippen LogP contribution in [0.3, 0.4) is 0 Å². The summed E-state index contributed by atoms with van der Waals surface area (Å²) in [5, 5.41) is 0. The Balaban J connectivity index is 2.50. The fourth-order valence-corrected chi connectivity index (χ4v) is 2.42. The van der Waals surface area contributed by atoms with E-state index in [2.05, 4.69) is 4.72 Å². The molecule has 0 spiro atoms. The van der Waals surface area contributed by atoms with Crippen molar-refractivity contribution >= 4 is 10.3 Å². The van der Waals surface area contributed by atoms with Crippen molar-refractivity contribution in [2.75, 3.05) is 0 Å². The lowest BCUT2D eigenvalue weighted by Gasteiger charge is -2.27. The summed E-state index contributed by atoms with van der Waals surface area (Å²) in [7, 11) is -4.01. The van der Waals surface area contributed by atoms with Crippen LogP contribution in [0, 0.1) is 5.92 Å². The van der Waals surface area contributed by atoms with Gasteiger partial charge in [-0.05, 0) is 18.8 Å². The predicted octanol–water partition coefficient (Wildman–Crippen LogP) is 0.958. The maximum atomic E-state index is 10.5. The van der Waals surface area contributed by atoms with E-state index < -0.39 is 10.3 Å². The van der Waals surface area contributed by atoms with Crippen LogP contribution < -0.4 is 4.72 Å². The molecular formula is C7H15NO3S. The molecule has 5 heteroatoms. The average molecular weight is 193 g/mol. The van der Waals surface area contributed by atoms with E-state index in [0.29, 0.717) is 5.92 Å². The number of hydrogen-bond donors (Lipinski definition) is 2. The quantitative estimate of drug-likeness (QED) is 0.642. The first-order valence-electron chi connectivity index (χ1n) is 4.24. The Morgan fingerprint density at radius 2 is 1.92 bits per heavy atom. The van der Waals surface area contributed by atoms with Crippen LogP contribution in [0.2, 0.25) is 0 Å². The molecule has 0 radical (unpaired) electrons. The van der Waals surface area contributed by atoms with Gasteiger partial charge in [-0.15, -0.1) is 0 Å². The van der Waals surface area contributed by atoms with Gasteiger partial charge in [0.1, 0.15) is 0 Å². The Kier molecular flexibility index (Phi) is 3.09. The Hall–Kier alpha value is -0.130. The van der Waals surface area contributed by atoms with Crippen LogP contribution in [0.1, 0.15) is 32.6 Å². The molecule has 0 aromatic rings. The molecule has 12 heavy (non-hydrogen) atoms. The molecule has 72 valence electrons. The summed E-state index contributed by atoms with van der Waals surface area (Å²) in [5.74, 6) is 0.334. The van der Waals surface area contributed by atoms with Crippen molar-refractivity contribution < 1.29 is 13.0 Å². The highest BCUT2D eigenvalue weighted by Gasteiger charge is 2.24. The molecule has 1 saturated carbocycles. The smallest absolute Gasteiger partial charge is 0.273 e. The van der Waals surface area contributed by atoms with Gasteiger partial charge >= 0.3 is 10.3 Å². The zero-order valence-corrected chi connectivity index (χ0v) is 7.97. The Morgan fingerprint density at radius 3 is 2.42 bits per heavy atom. The van der Waals surface area contributed by atoms with E-state index in [1.54, 1.807) is 0 Å². The SMILES string of the molecule is C[C@@H]1CCCC[C@@H]1NS(=O)(=O)O. The summed E-state index contributed by atoms with van der Waals surface area (Å²) in [4.78, 5) is 0. The number of rotatable bonds is 2. The molecule has 0 bridgehead atoms. The topological polar surface area (TPSA) is 66.4 Å². The highest BCUT2D eigenvalue weighted by molar-refractivity contribution is 7.83. The van der Waals surface area contributed by atoms with Crippen molar-refractivity contribution in [3.63, 3.8) is 0 Å². The average Bonchev–Trinajstić information content (AvgIpc) is 1.91. The molecule has 0 aromatic heterocycles. The lowest BCUT2D eigenvalue weighted by Crippen LogP contribution is -2.40. The second kappa shape index (κ2) is 3.72. The van der Waals surface area contributed by atoms with Crippen LogP contribution in [-0.4, -0.2) is 19.0 Å². The molecule has 0 heterocycles. The first kappa shape index (κ1) is 9.95. The van der Waals surface area contributed by atoms with Gasteiger partial charge < -0.3 is 0 Å². The third-order valence-corrected chi connectivity index (χ3v) is 3.01. The third kappa shape index (κ3) is 3.08. The van der Waals surface area contributed by atoms with E-state index in [-0.39, 0.29) is 6.04 Å². The van der Waals surface area contributed by atoms with E-state index in [1.165, 1.54) is 0 Å². The van der Waals surface area contributed by atoms with Crippen LogP contribution >= 0.6 is 0 Å². The minimum atomic E-state index is -4.01. The lowest BCUT2D eigenvalue weighted by atomic mass is 9.87. The van der Waals surface area contributed by atoms with Crippen molar-refractivity contribution in [2.45, 2.75) is 38.6 Å². The maximum Gasteiger partial charge on any atom is 0.333 e. The summed E-state index contributed by atoms with van der Waals surface area (Å²) in [6.07, 6.45) is 4.07. The summed E-state index contributed by atoms with van der Waals surface area (Å²) < 4.78 is 31.8. The summed E-state index contributed by atoms with van der Waals surface area (Å²) >= 11 is 0. The van der Waals surface area contributed by atoms with E-state index in [9.17, 15) is 8.42 Å². The van der Waals surface area contributed by atoms with Gasteiger partial charge in [-0.2, -0.15) is 13.1 Å². The molecular weight excluding hydrogens is 178 g/mol. The highest BCUT2D eigenvalue weighted by atomic mass is 32.2. The second-order valence-electron chi connectivity index (χ2n) is 3.46. The van der Waals surface area contributed by atoms with Crippen molar-refractivity contribution in [3.8, 4) is 0 Å². The largest absolute Gasteiger partial charge is 0.333 e. The first-order valence-corrected chi connectivity index (χ1v) is 5.68. The molecule has 2 N–H and O–H groups in total. The first-order chi connectivity index (χ1) is 5.49. The van der Waals surface area contributed by atoms with Gasteiger partial charge in [0.25, 0.3) is 0 Å². The van der Waals surface area contributed by atoms with Gasteiger partial charge in [0.2, 0.25) is 0 Å². The monoisotopic (exact) mass is 193 g/mol. The van der Waals surface area contributed by atoms with Crippen LogP contribution in [0.5, 0.6) is 0 Å². The van der Waals surface area contributed by atoms with E-state index in [4.69, 9.17) is 4.55 Å². The van der Waals surface area contributed by atoms with E-state index in [0.717, 1.165) is 25.7 Å². The van der Waals surface area contributed by atoms with Gasteiger partial charge in [0.05, 0.1) is 0 Å². The molecule has 0 amide bonds. The number of hydrogen-bond acceptors (Lipinski definition) is 2. The Bertz CT molecular complexity index is 237. The fraction of sp³-hybridized carbons (Fsp3) is 1.00. The summed E-state index contributed by atoms with van der Waals surface area (Å²) in [6, 6.07) is -0.0752. The van der Waals surface area contributed by atoms with Gasteiger partial charge in [0, 0.05) is 6.04 Å². The van der Waals surface area contributed by atoms with Crippen molar-refractivity contribution in [1.82, 2.24) is 4.72 Å². The van der Waals surface area contributed by atoms with Crippen molar-refractivity contribution in [3.05, 3.63) is 0 Å².